The topological polar surface area (TPSA) is 55.5 Å². The molecule has 0 saturated carbocycles. The van der Waals surface area contributed by atoms with Crippen molar-refractivity contribution in [3.8, 4) is 28.3 Å². The smallest absolute Gasteiger partial charge is 0.176 e. The summed E-state index contributed by atoms with van der Waals surface area (Å²) in [6.45, 7) is -0.173. The second-order valence-electron chi connectivity index (χ2n) is 4.68. The normalized spacial score (nSPS) is 10.7. The van der Waals surface area contributed by atoms with Gasteiger partial charge in [-0.15, -0.1) is 0 Å². The zero-order valence-corrected chi connectivity index (χ0v) is 13.5. The zero-order chi connectivity index (χ0) is 15.5. The Morgan fingerprint density at radius 1 is 1.09 bits per heavy atom. The van der Waals surface area contributed by atoms with E-state index in [1.165, 1.54) is 0 Å². The van der Waals surface area contributed by atoms with Gasteiger partial charge in [-0.1, -0.05) is 51.4 Å². The van der Waals surface area contributed by atoms with Crippen molar-refractivity contribution in [2.24, 2.45) is 0 Å². The lowest BCUT2D eigenvalue weighted by molar-refractivity contribution is 0.281. The predicted octanol–water partition coefficient (Wildman–Crippen LogP) is 4.27. The summed E-state index contributed by atoms with van der Waals surface area (Å²) in [7, 11) is 1.60. The summed E-state index contributed by atoms with van der Waals surface area (Å²) in [4.78, 5) is 0. The number of halogens is 1. The highest BCUT2D eigenvalue weighted by atomic mass is 79.9. The minimum Gasteiger partial charge on any atom is -0.496 e. The van der Waals surface area contributed by atoms with Gasteiger partial charge in [0, 0.05) is 10.0 Å². The van der Waals surface area contributed by atoms with E-state index in [9.17, 15) is 5.11 Å². The van der Waals surface area contributed by atoms with Crippen LogP contribution < -0.4 is 4.74 Å². The molecular formula is C17H14BrNO3. The Morgan fingerprint density at radius 3 is 2.45 bits per heavy atom. The first-order valence-corrected chi connectivity index (χ1v) is 7.53. The fraction of sp³-hybridized carbons (Fsp3) is 0.118. The lowest BCUT2D eigenvalue weighted by Crippen LogP contribution is -1.92. The molecule has 0 amide bonds. The van der Waals surface area contributed by atoms with Crippen LogP contribution in [-0.2, 0) is 6.61 Å². The number of ether oxygens (including phenoxy) is 1. The number of methoxy groups -OCH3 is 1. The number of aliphatic hydroxyl groups excluding tert-OH is 1. The summed E-state index contributed by atoms with van der Waals surface area (Å²) in [5, 5.41) is 14.0. The number of nitrogens with zero attached hydrogens (tertiary/aromatic N) is 1. The molecule has 0 aliphatic heterocycles. The summed E-state index contributed by atoms with van der Waals surface area (Å²) in [5.41, 5.74) is 2.89. The highest BCUT2D eigenvalue weighted by Gasteiger charge is 2.21. The van der Waals surface area contributed by atoms with Crippen molar-refractivity contribution in [2.75, 3.05) is 7.11 Å². The van der Waals surface area contributed by atoms with Crippen LogP contribution in [0.25, 0.3) is 22.6 Å². The molecule has 5 heteroatoms. The van der Waals surface area contributed by atoms with E-state index in [0.717, 1.165) is 15.6 Å². The molecule has 0 radical (unpaired) electrons. The van der Waals surface area contributed by atoms with E-state index in [1.54, 1.807) is 7.11 Å². The molecular weight excluding hydrogens is 346 g/mol. The molecule has 0 spiro atoms. The maximum atomic E-state index is 9.81. The minimum atomic E-state index is -0.173. The van der Waals surface area contributed by atoms with E-state index in [-0.39, 0.29) is 6.61 Å². The zero-order valence-electron chi connectivity index (χ0n) is 11.9. The second kappa shape index (κ2) is 6.34. The molecule has 0 unspecified atom stereocenters. The van der Waals surface area contributed by atoms with Crippen LogP contribution >= 0.6 is 15.9 Å². The van der Waals surface area contributed by atoms with Crippen molar-refractivity contribution in [1.82, 2.24) is 5.16 Å². The highest BCUT2D eigenvalue weighted by molar-refractivity contribution is 9.10. The SMILES string of the molecule is COc1ccccc1-c1onc(-c2ccccc2Br)c1CO. The van der Waals surface area contributed by atoms with Crippen molar-refractivity contribution < 1.29 is 14.4 Å². The van der Waals surface area contributed by atoms with Gasteiger partial charge in [0.15, 0.2) is 5.76 Å². The van der Waals surface area contributed by atoms with Gasteiger partial charge in [0.1, 0.15) is 11.4 Å². The van der Waals surface area contributed by atoms with Gasteiger partial charge in [-0.25, -0.2) is 0 Å². The number of hydrogen-bond donors (Lipinski definition) is 1. The average Bonchev–Trinajstić information content (AvgIpc) is 2.98. The summed E-state index contributed by atoms with van der Waals surface area (Å²) >= 11 is 3.50. The third-order valence-electron chi connectivity index (χ3n) is 3.43. The second-order valence-corrected chi connectivity index (χ2v) is 5.53. The Kier molecular flexibility index (Phi) is 4.27. The molecule has 3 rings (SSSR count). The summed E-state index contributed by atoms with van der Waals surface area (Å²) in [6.07, 6.45) is 0. The quantitative estimate of drug-likeness (QED) is 0.755. The van der Waals surface area contributed by atoms with Crippen LogP contribution in [-0.4, -0.2) is 17.4 Å². The van der Waals surface area contributed by atoms with Crippen LogP contribution in [0.5, 0.6) is 5.75 Å². The van der Waals surface area contributed by atoms with Crippen LogP contribution in [0, 0.1) is 0 Å². The maximum Gasteiger partial charge on any atom is 0.176 e. The Labute approximate surface area is 136 Å². The van der Waals surface area contributed by atoms with Crippen molar-refractivity contribution >= 4 is 15.9 Å². The predicted molar refractivity (Wildman–Crippen MR) is 87.5 cm³/mol. The van der Waals surface area contributed by atoms with Crippen molar-refractivity contribution in [1.29, 1.82) is 0 Å². The van der Waals surface area contributed by atoms with E-state index in [0.29, 0.717) is 22.8 Å². The molecule has 0 atom stereocenters. The highest BCUT2D eigenvalue weighted by Crippen LogP contribution is 2.38. The number of para-hydroxylation sites is 1. The molecule has 2 aromatic carbocycles. The number of benzene rings is 2. The number of rotatable bonds is 4. The van der Waals surface area contributed by atoms with Gasteiger partial charge in [-0.3, -0.25) is 0 Å². The van der Waals surface area contributed by atoms with E-state index in [4.69, 9.17) is 9.26 Å². The van der Waals surface area contributed by atoms with Gasteiger partial charge in [0.05, 0.1) is 24.8 Å². The molecule has 1 N–H and O–H groups in total. The average molecular weight is 360 g/mol. The third kappa shape index (κ3) is 2.53. The molecule has 4 nitrogen and oxygen atoms in total. The van der Waals surface area contributed by atoms with E-state index in [1.807, 2.05) is 48.5 Å². The van der Waals surface area contributed by atoms with Gasteiger partial charge < -0.3 is 14.4 Å². The molecule has 3 aromatic rings. The Balaban J connectivity index is 2.18. The molecule has 0 aliphatic carbocycles. The Morgan fingerprint density at radius 2 is 1.77 bits per heavy atom. The van der Waals surface area contributed by atoms with Crippen LogP contribution in [0.3, 0.4) is 0 Å². The summed E-state index contributed by atoms with van der Waals surface area (Å²) < 4.78 is 11.8. The fourth-order valence-electron chi connectivity index (χ4n) is 2.36. The molecule has 1 aromatic heterocycles. The lowest BCUT2D eigenvalue weighted by Gasteiger charge is -2.07. The van der Waals surface area contributed by atoms with Crippen LogP contribution in [0.2, 0.25) is 0 Å². The first-order valence-electron chi connectivity index (χ1n) is 6.74. The van der Waals surface area contributed by atoms with Crippen molar-refractivity contribution in [3.63, 3.8) is 0 Å². The van der Waals surface area contributed by atoms with Gasteiger partial charge in [-0.2, -0.15) is 0 Å². The minimum absolute atomic E-state index is 0.173. The molecule has 0 fully saturated rings. The molecule has 112 valence electrons. The number of hydrogen-bond acceptors (Lipinski definition) is 4. The summed E-state index contributed by atoms with van der Waals surface area (Å²) in [6, 6.07) is 15.2. The monoisotopic (exact) mass is 359 g/mol. The Bertz CT molecular complexity index is 798. The van der Waals surface area contributed by atoms with Crippen molar-refractivity contribution in [2.45, 2.75) is 6.61 Å². The molecule has 1 heterocycles. The van der Waals surface area contributed by atoms with E-state index >= 15 is 0 Å². The van der Waals surface area contributed by atoms with E-state index in [2.05, 4.69) is 21.1 Å². The van der Waals surface area contributed by atoms with Gasteiger partial charge >= 0.3 is 0 Å². The number of aliphatic hydroxyl groups is 1. The summed E-state index contributed by atoms with van der Waals surface area (Å²) in [5.74, 6) is 1.19. The lowest BCUT2D eigenvalue weighted by atomic mass is 10.0. The fourth-order valence-corrected chi connectivity index (χ4v) is 2.84. The first-order chi connectivity index (χ1) is 10.8. The first kappa shape index (κ1) is 14.8. The Hall–Kier alpha value is -2.11. The van der Waals surface area contributed by atoms with Crippen molar-refractivity contribution in [3.05, 3.63) is 58.6 Å². The van der Waals surface area contributed by atoms with Crippen LogP contribution in [0.15, 0.2) is 57.5 Å². The van der Waals surface area contributed by atoms with E-state index < -0.39 is 0 Å². The largest absolute Gasteiger partial charge is 0.496 e. The van der Waals surface area contributed by atoms with Crippen LogP contribution in [0.1, 0.15) is 5.56 Å². The molecule has 0 bridgehead atoms. The maximum absolute atomic E-state index is 9.81. The number of aromatic nitrogens is 1. The van der Waals surface area contributed by atoms with Crippen LogP contribution in [0.4, 0.5) is 0 Å². The standard InChI is InChI=1S/C17H14BrNO3/c1-21-15-9-5-3-7-12(15)17-13(10-20)16(19-22-17)11-6-2-4-8-14(11)18/h2-9,20H,10H2,1H3. The third-order valence-corrected chi connectivity index (χ3v) is 4.12. The van der Waals surface area contributed by atoms with Gasteiger partial charge in [-0.05, 0) is 18.2 Å². The molecule has 0 aliphatic rings. The molecule has 0 saturated heterocycles. The van der Waals surface area contributed by atoms with Gasteiger partial charge in [0.25, 0.3) is 0 Å². The van der Waals surface area contributed by atoms with Gasteiger partial charge in [0.2, 0.25) is 0 Å². The molecule has 22 heavy (non-hydrogen) atoms.